The molecule has 0 saturated carbocycles. The molecule has 0 aliphatic carbocycles. The summed E-state index contributed by atoms with van der Waals surface area (Å²) >= 11 is 0. The van der Waals surface area contributed by atoms with Crippen molar-refractivity contribution in [3.05, 3.63) is 48.6 Å². The maximum absolute atomic E-state index is 12.8. The van der Waals surface area contributed by atoms with Crippen molar-refractivity contribution in [2.75, 3.05) is 40.9 Å². The number of aliphatic hydroxyl groups excluding tert-OH is 1. The number of rotatable bonds is 38. The van der Waals surface area contributed by atoms with E-state index in [0.29, 0.717) is 17.4 Å². The molecule has 3 unspecified atom stereocenters. The third-order valence-electron chi connectivity index (χ3n) is 9.25. The molecule has 0 bridgehead atoms. The summed E-state index contributed by atoms with van der Waals surface area (Å²) in [6, 6.07) is -0.873. The highest BCUT2D eigenvalue weighted by molar-refractivity contribution is 7.47. The second-order valence-electron chi connectivity index (χ2n) is 15.7. The second-order valence-corrected chi connectivity index (χ2v) is 17.1. The van der Waals surface area contributed by atoms with Crippen molar-refractivity contribution in [1.82, 2.24) is 5.32 Å². The lowest BCUT2D eigenvalue weighted by molar-refractivity contribution is -0.870. The van der Waals surface area contributed by atoms with Gasteiger partial charge in [-0.25, -0.2) is 4.57 Å². The van der Waals surface area contributed by atoms with E-state index in [9.17, 15) is 19.4 Å². The van der Waals surface area contributed by atoms with Crippen molar-refractivity contribution in [2.45, 2.75) is 187 Å². The van der Waals surface area contributed by atoms with Crippen LogP contribution in [0.25, 0.3) is 0 Å². The quantitative estimate of drug-likeness (QED) is 0.0250. The summed E-state index contributed by atoms with van der Waals surface area (Å²) in [6.07, 6.45) is 44.8. The summed E-state index contributed by atoms with van der Waals surface area (Å²) in [5.74, 6) is -0.208. The van der Waals surface area contributed by atoms with Gasteiger partial charge < -0.3 is 19.8 Å². The van der Waals surface area contributed by atoms with E-state index >= 15 is 0 Å². The number of hydrogen-bond donors (Lipinski definition) is 3. The number of carbonyl (C=O) groups is 1. The normalized spacial score (nSPS) is 14.9. The van der Waals surface area contributed by atoms with Gasteiger partial charge >= 0.3 is 7.82 Å². The molecular weight excluding hydrogens is 683 g/mol. The van der Waals surface area contributed by atoms with Crippen LogP contribution in [0.15, 0.2) is 48.6 Å². The minimum absolute atomic E-state index is 0.0501. The van der Waals surface area contributed by atoms with Crippen LogP contribution >= 0.6 is 7.82 Å². The molecule has 0 radical (unpaired) electrons. The molecule has 8 nitrogen and oxygen atoms in total. The van der Waals surface area contributed by atoms with Crippen molar-refractivity contribution in [1.29, 1.82) is 0 Å². The van der Waals surface area contributed by atoms with Crippen LogP contribution in [0, 0.1) is 0 Å². The average Bonchev–Trinajstić information content (AvgIpc) is 3.10. The zero-order valence-electron chi connectivity index (χ0n) is 35.0. The number of allylic oxidation sites excluding steroid dienone is 7. The van der Waals surface area contributed by atoms with Gasteiger partial charge in [0.1, 0.15) is 13.2 Å². The molecule has 0 aromatic carbocycles. The number of phosphoric acid groups is 1. The number of unbranched alkanes of at least 4 members (excludes halogenated alkanes) is 19. The van der Waals surface area contributed by atoms with E-state index in [0.717, 1.165) is 64.2 Å². The summed E-state index contributed by atoms with van der Waals surface area (Å²) in [4.78, 5) is 23.0. The number of nitrogens with zero attached hydrogens (tertiary/aromatic N) is 1. The van der Waals surface area contributed by atoms with E-state index < -0.39 is 20.0 Å². The highest BCUT2D eigenvalue weighted by Crippen LogP contribution is 2.43. The summed E-state index contributed by atoms with van der Waals surface area (Å²) in [5, 5.41) is 13.7. The third kappa shape index (κ3) is 38.5. The van der Waals surface area contributed by atoms with E-state index in [1.165, 1.54) is 89.9 Å². The number of quaternary nitrogens is 1. The van der Waals surface area contributed by atoms with Gasteiger partial charge in [-0.3, -0.25) is 13.8 Å². The number of carbonyl (C=O) groups excluding carboxylic acids is 1. The highest BCUT2D eigenvalue weighted by atomic mass is 31.2. The van der Waals surface area contributed by atoms with Crippen molar-refractivity contribution >= 4 is 13.7 Å². The van der Waals surface area contributed by atoms with Gasteiger partial charge in [-0.05, 0) is 64.2 Å². The molecule has 0 saturated heterocycles. The van der Waals surface area contributed by atoms with Gasteiger partial charge in [0.2, 0.25) is 5.91 Å². The standard InChI is InChI=1S/C44H83N2O6P/c1-6-8-10-12-14-16-18-19-20-21-22-23-24-25-26-27-28-29-31-33-35-37-43(47)42(41-52-53(49,50)51-40-39-46(3,4)5)45-44(48)38-36-34-32-30-17-15-13-11-9-7-2/h13,15,24-25,28-29,35,37,42-43,47H,6-12,14,16-23,26-27,30-34,36,38-41H2,1-5H3,(H-,45,48,49,50)/p+1/b15-13-,25-24+,29-28+,37-35+. The van der Waals surface area contributed by atoms with Crippen LogP contribution in [0.3, 0.4) is 0 Å². The van der Waals surface area contributed by atoms with Gasteiger partial charge in [0.05, 0.1) is 39.9 Å². The Kier molecular flexibility index (Phi) is 35.1. The molecule has 3 atom stereocenters. The first kappa shape index (κ1) is 51.5. The molecule has 53 heavy (non-hydrogen) atoms. The Hall–Kier alpha value is -1.54. The zero-order chi connectivity index (χ0) is 39.3. The maximum Gasteiger partial charge on any atom is 0.472 e. The van der Waals surface area contributed by atoms with E-state index in [-0.39, 0.29) is 19.1 Å². The zero-order valence-corrected chi connectivity index (χ0v) is 35.9. The van der Waals surface area contributed by atoms with Crippen LogP contribution in [0.2, 0.25) is 0 Å². The van der Waals surface area contributed by atoms with Crippen molar-refractivity contribution in [2.24, 2.45) is 0 Å². The molecular formula is C44H84N2O6P+. The van der Waals surface area contributed by atoms with Gasteiger partial charge in [-0.1, -0.05) is 152 Å². The number of aliphatic hydroxyl groups is 1. The predicted molar refractivity (Wildman–Crippen MR) is 226 cm³/mol. The SMILES string of the molecule is CCCC/C=C\CCCCCCC(=O)NC(COP(=O)(O)OCC[N+](C)(C)C)C(O)/C=C/CC/C=C/CC/C=C/CCCCCCCCCCCCC. The van der Waals surface area contributed by atoms with Crippen LogP contribution in [-0.2, 0) is 18.4 Å². The predicted octanol–water partition coefficient (Wildman–Crippen LogP) is 11.7. The number of hydrogen-bond acceptors (Lipinski definition) is 5. The fourth-order valence-corrected chi connectivity index (χ4v) is 6.49. The first-order valence-corrected chi connectivity index (χ1v) is 23.0. The van der Waals surface area contributed by atoms with Crippen molar-refractivity contribution in [3.8, 4) is 0 Å². The van der Waals surface area contributed by atoms with Crippen LogP contribution in [0.5, 0.6) is 0 Å². The second kappa shape index (κ2) is 36.1. The lowest BCUT2D eigenvalue weighted by Gasteiger charge is -2.25. The Morgan fingerprint density at radius 2 is 1.06 bits per heavy atom. The summed E-state index contributed by atoms with van der Waals surface area (Å²) in [5.41, 5.74) is 0. The molecule has 0 rings (SSSR count). The molecule has 0 fully saturated rings. The first-order valence-electron chi connectivity index (χ1n) is 21.5. The van der Waals surface area contributed by atoms with Gasteiger partial charge in [0, 0.05) is 6.42 Å². The van der Waals surface area contributed by atoms with E-state index in [4.69, 9.17) is 9.05 Å². The molecule has 0 heterocycles. The van der Waals surface area contributed by atoms with Crippen LogP contribution < -0.4 is 5.32 Å². The van der Waals surface area contributed by atoms with Crippen molar-refractivity contribution in [3.63, 3.8) is 0 Å². The molecule has 310 valence electrons. The van der Waals surface area contributed by atoms with E-state index in [1.807, 2.05) is 27.2 Å². The van der Waals surface area contributed by atoms with Crippen molar-refractivity contribution < 1.29 is 32.9 Å². The fourth-order valence-electron chi connectivity index (χ4n) is 5.76. The Morgan fingerprint density at radius 3 is 1.57 bits per heavy atom. The molecule has 3 N–H and O–H groups in total. The van der Waals surface area contributed by atoms with Gasteiger partial charge in [0.25, 0.3) is 0 Å². The lowest BCUT2D eigenvalue weighted by Crippen LogP contribution is -2.45. The lowest BCUT2D eigenvalue weighted by atomic mass is 10.1. The largest absolute Gasteiger partial charge is 0.472 e. The summed E-state index contributed by atoms with van der Waals surface area (Å²) in [6.45, 7) is 4.71. The summed E-state index contributed by atoms with van der Waals surface area (Å²) in [7, 11) is 1.53. The van der Waals surface area contributed by atoms with Gasteiger partial charge in [0.15, 0.2) is 0 Å². The van der Waals surface area contributed by atoms with E-state index in [2.05, 4.69) is 55.6 Å². The molecule has 0 aliphatic heterocycles. The van der Waals surface area contributed by atoms with Crippen LogP contribution in [-0.4, -0.2) is 73.4 Å². The number of amides is 1. The molecule has 0 aromatic heterocycles. The fraction of sp³-hybridized carbons (Fsp3) is 0.795. The number of phosphoric ester groups is 1. The highest BCUT2D eigenvalue weighted by Gasteiger charge is 2.27. The third-order valence-corrected chi connectivity index (χ3v) is 10.2. The summed E-state index contributed by atoms with van der Waals surface area (Å²) < 4.78 is 23.5. The Balaban J connectivity index is 4.48. The monoisotopic (exact) mass is 768 g/mol. The molecule has 0 aromatic rings. The minimum Gasteiger partial charge on any atom is -0.387 e. The average molecular weight is 768 g/mol. The Bertz CT molecular complexity index is 1010. The maximum atomic E-state index is 12.8. The topological polar surface area (TPSA) is 105 Å². The first-order chi connectivity index (χ1) is 25.5. The number of nitrogens with one attached hydrogen (secondary N) is 1. The van der Waals surface area contributed by atoms with E-state index in [1.54, 1.807) is 6.08 Å². The van der Waals surface area contributed by atoms with Gasteiger partial charge in [-0.15, -0.1) is 0 Å². The van der Waals surface area contributed by atoms with Crippen LogP contribution in [0.4, 0.5) is 0 Å². The molecule has 9 heteroatoms. The van der Waals surface area contributed by atoms with Crippen LogP contribution in [0.1, 0.15) is 174 Å². The molecule has 0 aliphatic rings. The Morgan fingerprint density at radius 1 is 0.623 bits per heavy atom. The molecule has 0 spiro atoms. The smallest absolute Gasteiger partial charge is 0.387 e. The molecule has 1 amide bonds. The Labute approximate surface area is 327 Å². The minimum atomic E-state index is -4.35. The van der Waals surface area contributed by atoms with Gasteiger partial charge in [-0.2, -0.15) is 0 Å². The number of likely N-dealkylation sites (N-methyl/N-ethyl adjacent to an activating group) is 1.